The highest BCUT2D eigenvalue weighted by atomic mass is 127. The van der Waals surface area contributed by atoms with Crippen molar-refractivity contribution in [1.82, 2.24) is 9.97 Å². The lowest BCUT2D eigenvalue weighted by molar-refractivity contribution is 0.555. The van der Waals surface area contributed by atoms with Gasteiger partial charge in [0.25, 0.3) is 5.56 Å². The Morgan fingerprint density at radius 3 is 2.29 bits per heavy atom. The molecule has 0 amide bonds. The molecule has 0 aliphatic carbocycles. The summed E-state index contributed by atoms with van der Waals surface area (Å²) >= 11 is 1.96. The molecule has 0 saturated carbocycles. The Morgan fingerprint density at radius 2 is 1.76 bits per heavy atom. The second kappa shape index (κ2) is 5.82. The van der Waals surface area contributed by atoms with Crippen LogP contribution in [0.1, 0.15) is 37.9 Å². The van der Waals surface area contributed by atoms with Gasteiger partial charge in [0, 0.05) is 17.9 Å². The second-order valence-corrected chi connectivity index (χ2v) is 6.96. The van der Waals surface area contributed by atoms with E-state index in [1.165, 1.54) is 12.1 Å². The van der Waals surface area contributed by atoms with Crippen molar-refractivity contribution in [3.8, 4) is 0 Å². The quantitative estimate of drug-likeness (QED) is 0.779. The van der Waals surface area contributed by atoms with Crippen molar-refractivity contribution in [1.29, 1.82) is 0 Å². The summed E-state index contributed by atoms with van der Waals surface area (Å²) in [6, 6.07) is 3.28. The maximum Gasteiger partial charge on any atom is 0.264 e. The smallest absolute Gasteiger partial charge is 0.264 e. The van der Waals surface area contributed by atoms with Gasteiger partial charge in [0.2, 0.25) is 0 Å². The average Bonchev–Trinajstić information content (AvgIpc) is 2.30. The molecule has 21 heavy (non-hydrogen) atoms. The SMILES string of the molecule is CC(C)(C)c1nc(Cc2cc(F)cc(F)c2)[nH]c(=O)c1I. The average molecular weight is 404 g/mol. The van der Waals surface area contributed by atoms with Gasteiger partial charge in [0.15, 0.2) is 0 Å². The van der Waals surface area contributed by atoms with Gasteiger partial charge in [0.05, 0.1) is 5.69 Å². The van der Waals surface area contributed by atoms with Crippen LogP contribution in [0, 0.1) is 15.2 Å². The van der Waals surface area contributed by atoms with Gasteiger partial charge < -0.3 is 4.98 Å². The second-order valence-electron chi connectivity index (χ2n) is 5.88. The van der Waals surface area contributed by atoms with Crippen molar-refractivity contribution in [2.24, 2.45) is 0 Å². The topological polar surface area (TPSA) is 45.8 Å². The molecule has 1 aromatic carbocycles. The molecule has 0 bridgehead atoms. The first-order valence-corrected chi connectivity index (χ1v) is 7.49. The van der Waals surface area contributed by atoms with Gasteiger partial charge in [-0.1, -0.05) is 20.8 Å². The van der Waals surface area contributed by atoms with E-state index in [1.54, 1.807) is 0 Å². The molecule has 3 nitrogen and oxygen atoms in total. The Morgan fingerprint density at radius 1 is 1.19 bits per heavy atom. The summed E-state index contributed by atoms with van der Waals surface area (Å²) in [7, 11) is 0. The maximum atomic E-state index is 13.2. The van der Waals surface area contributed by atoms with E-state index in [0.29, 0.717) is 20.7 Å². The molecular formula is C15H15F2IN2O. The highest BCUT2D eigenvalue weighted by Crippen LogP contribution is 2.23. The van der Waals surface area contributed by atoms with Crippen molar-refractivity contribution >= 4 is 22.6 Å². The zero-order chi connectivity index (χ0) is 15.8. The number of rotatable bonds is 2. The molecule has 1 N–H and O–H groups in total. The van der Waals surface area contributed by atoms with Crippen LogP contribution in [0.5, 0.6) is 0 Å². The first kappa shape index (κ1) is 16.1. The van der Waals surface area contributed by atoms with E-state index in [9.17, 15) is 13.6 Å². The summed E-state index contributed by atoms with van der Waals surface area (Å²) in [6.45, 7) is 5.88. The number of aromatic nitrogens is 2. The van der Waals surface area contributed by atoms with Crippen molar-refractivity contribution in [3.05, 3.63) is 60.8 Å². The highest BCUT2D eigenvalue weighted by molar-refractivity contribution is 14.1. The van der Waals surface area contributed by atoms with E-state index in [4.69, 9.17) is 0 Å². The third-order valence-electron chi connectivity index (χ3n) is 2.92. The summed E-state index contributed by atoms with van der Waals surface area (Å²) in [5.41, 5.74) is 0.588. The lowest BCUT2D eigenvalue weighted by atomic mass is 9.92. The van der Waals surface area contributed by atoms with Gasteiger partial charge in [-0.15, -0.1) is 0 Å². The lowest BCUT2D eigenvalue weighted by Crippen LogP contribution is -2.25. The summed E-state index contributed by atoms with van der Waals surface area (Å²) in [5.74, 6) is -0.891. The van der Waals surface area contributed by atoms with Crippen molar-refractivity contribution in [2.75, 3.05) is 0 Å². The van der Waals surface area contributed by atoms with Crippen LogP contribution in [0.25, 0.3) is 0 Å². The molecular weight excluding hydrogens is 389 g/mol. The van der Waals surface area contributed by atoms with Gasteiger partial charge in [-0.2, -0.15) is 0 Å². The first-order valence-electron chi connectivity index (χ1n) is 6.41. The normalized spacial score (nSPS) is 11.7. The molecule has 0 saturated heterocycles. The van der Waals surface area contributed by atoms with E-state index in [2.05, 4.69) is 9.97 Å². The number of nitrogens with one attached hydrogen (secondary N) is 1. The number of halogens is 3. The largest absolute Gasteiger partial charge is 0.309 e. The van der Waals surface area contributed by atoms with Gasteiger partial charge in [-0.25, -0.2) is 13.8 Å². The van der Waals surface area contributed by atoms with Crippen LogP contribution in [-0.4, -0.2) is 9.97 Å². The molecule has 0 aliphatic rings. The fraction of sp³-hybridized carbons (Fsp3) is 0.333. The highest BCUT2D eigenvalue weighted by Gasteiger charge is 2.22. The minimum absolute atomic E-state index is 0.171. The Kier molecular flexibility index (Phi) is 4.46. The maximum absolute atomic E-state index is 13.2. The number of benzene rings is 1. The lowest BCUT2D eigenvalue weighted by Gasteiger charge is -2.19. The Bertz CT molecular complexity index is 715. The van der Waals surface area contributed by atoms with E-state index in [-0.39, 0.29) is 17.4 Å². The van der Waals surface area contributed by atoms with Crippen molar-refractivity contribution in [2.45, 2.75) is 32.6 Å². The fourth-order valence-electron chi connectivity index (χ4n) is 1.99. The van der Waals surface area contributed by atoms with E-state index >= 15 is 0 Å². The number of aromatic amines is 1. The van der Waals surface area contributed by atoms with Crippen LogP contribution < -0.4 is 5.56 Å². The Balaban J connectivity index is 2.46. The first-order chi connectivity index (χ1) is 9.66. The fourth-order valence-corrected chi connectivity index (χ4v) is 3.06. The number of hydrogen-bond acceptors (Lipinski definition) is 2. The monoisotopic (exact) mass is 404 g/mol. The summed E-state index contributed by atoms with van der Waals surface area (Å²) in [5, 5.41) is 0. The summed E-state index contributed by atoms with van der Waals surface area (Å²) in [4.78, 5) is 19.1. The standard InChI is InChI=1S/C15H15F2IN2O/c1-15(2,3)13-12(18)14(21)20-11(19-13)6-8-4-9(16)7-10(17)5-8/h4-5,7H,6H2,1-3H3,(H,19,20,21). The van der Waals surface area contributed by atoms with Gasteiger partial charge in [-0.3, -0.25) is 4.79 Å². The van der Waals surface area contributed by atoms with Gasteiger partial charge >= 0.3 is 0 Å². The predicted octanol–water partition coefficient (Wildman–Crippen LogP) is 3.54. The van der Waals surface area contributed by atoms with E-state index in [0.717, 1.165) is 6.07 Å². The van der Waals surface area contributed by atoms with Crippen molar-refractivity contribution in [3.63, 3.8) is 0 Å². The number of hydrogen-bond donors (Lipinski definition) is 1. The molecule has 1 heterocycles. The van der Waals surface area contributed by atoms with Crippen LogP contribution in [0.2, 0.25) is 0 Å². The van der Waals surface area contributed by atoms with E-state index < -0.39 is 11.6 Å². The molecule has 0 spiro atoms. The molecule has 0 aliphatic heterocycles. The van der Waals surface area contributed by atoms with Gasteiger partial charge in [0.1, 0.15) is 21.0 Å². The molecule has 0 unspecified atom stereocenters. The van der Waals surface area contributed by atoms with Crippen LogP contribution in [0.3, 0.4) is 0 Å². The minimum Gasteiger partial charge on any atom is -0.309 e. The van der Waals surface area contributed by atoms with Gasteiger partial charge in [-0.05, 0) is 40.3 Å². The zero-order valence-electron chi connectivity index (χ0n) is 11.9. The van der Waals surface area contributed by atoms with Crippen molar-refractivity contribution < 1.29 is 8.78 Å². The Hall–Kier alpha value is -1.31. The third-order valence-corrected chi connectivity index (χ3v) is 3.92. The van der Waals surface area contributed by atoms with E-state index in [1.807, 2.05) is 43.4 Å². The molecule has 2 rings (SSSR count). The predicted molar refractivity (Wildman–Crippen MR) is 85.4 cm³/mol. The van der Waals surface area contributed by atoms with Crippen LogP contribution in [-0.2, 0) is 11.8 Å². The van der Waals surface area contributed by atoms with Crippen LogP contribution >= 0.6 is 22.6 Å². The summed E-state index contributed by atoms with van der Waals surface area (Å²) < 4.78 is 27.0. The van der Waals surface area contributed by atoms with Crippen LogP contribution in [0.4, 0.5) is 8.78 Å². The molecule has 6 heteroatoms. The molecule has 112 valence electrons. The third kappa shape index (κ3) is 3.87. The summed E-state index contributed by atoms with van der Waals surface area (Å²) in [6.07, 6.45) is 0.171. The molecule has 2 aromatic rings. The Labute approximate surface area is 135 Å². The molecule has 0 fully saturated rings. The molecule has 0 radical (unpaired) electrons. The minimum atomic E-state index is -0.645. The molecule has 1 aromatic heterocycles. The number of nitrogens with zero attached hydrogens (tertiary/aromatic N) is 1. The number of H-pyrrole nitrogens is 1. The zero-order valence-corrected chi connectivity index (χ0v) is 14.1. The van der Waals surface area contributed by atoms with Crippen LogP contribution in [0.15, 0.2) is 23.0 Å². The molecule has 0 atom stereocenters.